The highest BCUT2D eigenvalue weighted by atomic mass is 35.5. The Morgan fingerprint density at radius 1 is 1.53 bits per heavy atom. The summed E-state index contributed by atoms with van der Waals surface area (Å²) < 4.78 is 18.9. The van der Waals surface area contributed by atoms with Crippen LogP contribution in [0.15, 0.2) is 12.3 Å². The number of hydrogen-bond acceptors (Lipinski definition) is 3. The number of hydrogen-bond donors (Lipinski definition) is 2. The van der Waals surface area contributed by atoms with E-state index in [1.54, 1.807) is 6.92 Å². The number of benzene rings is 1. The number of anilines is 1. The van der Waals surface area contributed by atoms with E-state index in [9.17, 15) is 4.39 Å². The van der Waals surface area contributed by atoms with Gasteiger partial charge < -0.3 is 10.5 Å². The summed E-state index contributed by atoms with van der Waals surface area (Å²) in [4.78, 5) is 0. The van der Waals surface area contributed by atoms with Gasteiger partial charge in [-0.15, -0.1) is 0 Å². The van der Waals surface area contributed by atoms with E-state index in [1.165, 1.54) is 19.4 Å². The molecule has 90 valence electrons. The molecule has 6 heteroatoms. The molecule has 0 aliphatic carbocycles. The summed E-state index contributed by atoms with van der Waals surface area (Å²) in [6.07, 6.45) is 1.51. The number of H-pyrrole nitrogens is 1. The van der Waals surface area contributed by atoms with Crippen LogP contribution in [-0.4, -0.2) is 17.3 Å². The van der Waals surface area contributed by atoms with E-state index in [1.807, 2.05) is 0 Å². The van der Waals surface area contributed by atoms with Crippen LogP contribution in [0.25, 0.3) is 11.1 Å². The van der Waals surface area contributed by atoms with E-state index in [2.05, 4.69) is 10.2 Å². The molecule has 0 saturated carbocycles. The van der Waals surface area contributed by atoms with Gasteiger partial charge in [-0.05, 0) is 18.6 Å². The van der Waals surface area contributed by atoms with Crippen molar-refractivity contribution in [3.8, 4) is 16.9 Å². The Labute approximate surface area is 103 Å². The Morgan fingerprint density at radius 2 is 2.24 bits per heavy atom. The minimum Gasteiger partial charge on any atom is -0.495 e. The molecule has 0 fully saturated rings. The number of aromatic amines is 1. The number of nitrogens with two attached hydrogens (primary N) is 1. The van der Waals surface area contributed by atoms with Crippen LogP contribution in [0.4, 0.5) is 10.2 Å². The second-order valence-corrected chi connectivity index (χ2v) is 3.98. The highest BCUT2D eigenvalue weighted by Crippen LogP contribution is 2.41. The maximum absolute atomic E-state index is 13.7. The first kappa shape index (κ1) is 11.7. The molecule has 0 saturated heterocycles. The molecule has 0 aliphatic rings. The third kappa shape index (κ3) is 1.82. The number of halogens is 2. The van der Waals surface area contributed by atoms with Crippen LogP contribution in [0.3, 0.4) is 0 Å². The number of ether oxygens (including phenoxy) is 1. The summed E-state index contributed by atoms with van der Waals surface area (Å²) in [5.41, 5.74) is 7.23. The number of methoxy groups -OCH3 is 1. The van der Waals surface area contributed by atoms with Crippen LogP contribution in [0.5, 0.6) is 5.75 Å². The van der Waals surface area contributed by atoms with Gasteiger partial charge in [0.1, 0.15) is 17.4 Å². The van der Waals surface area contributed by atoms with Crippen molar-refractivity contribution in [2.75, 3.05) is 12.8 Å². The molecule has 0 radical (unpaired) electrons. The summed E-state index contributed by atoms with van der Waals surface area (Å²) in [7, 11) is 1.47. The molecule has 4 nitrogen and oxygen atoms in total. The molecule has 1 aromatic heterocycles. The van der Waals surface area contributed by atoms with Crippen molar-refractivity contribution in [2.24, 2.45) is 0 Å². The first-order valence-electron chi connectivity index (χ1n) is 4.88. The molecule has 0 spiro atoms. The van der Waals surface area contributed by atoms with Crippen molar-refractivity contribution in [1.29, 1.82) is 0 Å². The van der Waals surface area contributed by atoms with Crippen LogP contribution in [-0.2, 0) is 0 Å². The van der Waals surface area contributed by atoms with Gasteiger partial charge in [-0.3, -0.25) is 5.10 Å². The van der Waals surface area contributed by atoms with Crippen molar-refractivity contribution in [3.05, 3.63) is 28.7 Å². The minimum atomic E-state index is -0.411. The first-order valence-corrected chi connectivity index (χ1v) is 5.25. The highest BCUT2D eigenvalue weighted by molar-refractivity contribution is 6.32. The Hall–Kier alpha value is -1.75. The van der Waals surface area contributed by atoms with E-state index in [0.29, 0.717) is 28.3 Å². The summed E-state index contributed by atoms with van der Waals surface area (Å²) in [5, 5.41) is 6.59. The van der Waals surface area contributed by atoms with E-state index >= 15 is 0 Å². The van der Waals surface area contributed by atoms with E-state index in [-0.39, 0.29) is 5.02 Å². The van der Waals surface area contributed by atoms with Gasteiger partial charge >= 0.3 is 0 Å². The van der Waals surface area contributed by atoms with Crippen molar-refractivity contribution in [3.63, 3.8) is 0 Å². The lowest BCUT2D eigenvalue weighted by Gasteiger charge is -2.13. The first-order chi connectivity index (χ1) is 8.06. The van der Waals surface area contributed by atoms with Gasteiger partial charge in [0.05, 0.1) is 18.3 Å². The lowest BCUT2D eigenvalue weighted by Crippen LogP contribution is -1.97. The van der Waals surface area contributed by atoms with Gasteiger partial charge in [-0.1, -0.05) is 11.6 Å². The number of nitrogens with one attached hydrogen (secondary N) is 1. The number of nitrogens with zero attached hydrogens (tertiary/aromatic N) is 1. The maximum atomic E-state index is 13.7. The zero-order valence-electron chi connectivity index (χ0n) is 9.34. The molecule has 0 atom stereocenters. The molecule has 2 rings (SSSR count). The molecule has 2 aromatic rings. The maximum Gasteiger partial charge on any atom is 0.145 e. The monoisotopic (exact) mass is 255 g/mol. The number of nitrogen functional groups attached to an aromatic ring is 1. The molecular formula is C11H11ClFN3O. The predicted molar refractivity (Wildman–Crippen MR) is 64.7 cm³/mol. The molecule has 3 N–H and O–H groups in total. The van der Waals surface area contributed by atoms with Crippen molar-refractivity contribution < 1.29 is 9.13 Å². The lowest BCUT2D eigenvalue weighted by molar-refractivity contribution is 0.415. The highest BCUT2D eigenvalue weighted by Gasteiger charge is 2.19. The van der Waals surface area contributed by atoms with Crippen molar-refractivity contribution >= 4 is 17.4 Å². The van der Waals surface area contributed by atoms with Crippen LogP contribution >= 0.6 is 11.6 Å². The summed E-state index contributed by atoms with van der Waals surface area (Å²) in [6, 6.07) is 1.22. The van der Waals surface area contributed by atoms with Crippen LogP contribution in [0.2, 0.25) is 5.02 Å². The fourth-order valence-electron chi connectivity index (χ4n) is 1.71. The van der Waals surface area contributed by atoms with Gasteiger partial charge in [0.2, 0.25) is 0 Å². The molecular weight excluding hydrogens is 245 g/mol. The van der Waals surface area contributed by atoms with Gasteiger partial charge in [-0.25, -0.2) is 4.39 Å². The average Bonchev–Trinajstić information content (AvgIpc) is 2.69. The lowest BCUT2D eigenvalue weighted by atomic mass is 10.0. The SMILES string of the molecule is COc1c(Cl)cc(F)c(C)c1-c1cn[nH]c1N. The third-order valence-electron chi connectivity index (χ3n) is 2.57. The van der Waals surface area contributed by atoms with E-state index in [4.69, 9.17) is 22.1 Å². The minimum absolute atomic E-state index is 0.200. The topological polar surface area (TPSA) is 63.9 Å². The average molecular weight is 256 g/mol. The van der Waals surface area contributed by atoms with Gasteiger partial charge in [0, 0.05) is 11.1 Å². The second kappa shape index (κ2) is 4.25. The number of aromatic nitrogens is 2. The molecule has 0 aliphatic heterocycles. The van der Waals surface area contributed by atoms with E-state index in [0.717, 1.165) is 0 Å². The second-order valence-electron chi connectivity index (χ2n) is 3.57. The Kier molecular flexibility index (Phi) is 2.93. The fourth-order valence-corrected chi connectivity index (χ4v) is 1.98. The van der Waals surface area contributed by atoms with Gasteiger partial charge in [0.25, 0.3) is 0 Å². The smallest absolute Gasteiger partial charge is 0.145 e. The fraction of sp³-hybridized carbons (Fsp3) is 0.182. The van der Waals surface area contributed by atoms with Crippen LogP contribution < -0.4 is 10.5 Å². The Morgan fingerprint density at radius 3 is 2.76 bits per heavy atom. The predicted octanol–water partition coefficient (Wildman–Crippen LogP) is 2.77. The normalized spacial score (nSPS) is 10.6. The summed E-state index contributed by atoms with van der Waals surface area (Å²) in [5.74, 6) is 0.318. The molecule has 0 unspecified atom stereocenters. The van der Waals surface area contributed by atoms with Crippen molar-refractivity contribution in [2.45, 2.75) is 6.92 Å². The molecule has 1 heterocycles. The summed E-state index contributed by atoms with van der Waals surface area (Å²) in [6.45, 7) is 1.63. The molecule has 0 amide bonds. The zero-order chi connectivity index (χ0) is 12.6. The van der Waals surface area contributed by atoms with E-state index < -0.39 is 5.82 Å². The van der Waals surface area contributed by atoms with Crippen LogP contribution in [0.1, 0.15) is 5.56 Å². The zero-order valence-corrected chi connectivity index (χ0v) is 10.1. The quantitative estimate of drug-likeness (QED) is 0.867. The van der Waals surface area contributed by atoms with Crippen LogP contribution in [0, 0.1) is 12.7 Å². The van der Waals surface area contributed by atoms with Gasteiger partial charge in [-0.2, -0.15) is 5.10 Å². The van der Waals surface area contributed by atoms with Crippen molar-refractivity contribution in [1.82, 2.24) is 10.2 Å². The Bertz CT molecular complexity index is 568. The third-order valence-corrected chi connectivity index (χ3v) is 2.85. The molecule has 1 aromatic carbocycles. The number of rotatable bonds is 2. The van der Waals surface area contributed by atoms with Gasteiger partial charge in [0.15, 0.2) is 0 Å². The molecule has 17 heavy (non-hydrogen) atoms. The molecule has 0 bridgehead atoms. The standard InChI is InChI=1S/C11H11ClFN3O/c1-5-8(13)3-7(12)10(17-2)9(5)6-4-15-16-11(6)14/h3-4H,1-2H3,(H3,14,15,16). The summed E-state index contributed by atoms with van der Waals surface area (Å²) >= 11 is 5.94. The Balaban J connectivity index is 2.80. The largest absolute Gasteiger partial charge is 0.495 e.